The van der Waals surface area contributed by atoms with E-state index in [9.17, 15) is 0 Å². The quantitative estimate of drug-likeness (QED) is 0.853. The Hall–Kier alpha value is -1.01. The van der Waals surface area contributed by atoms with E-state index in [0.29, 0.717) is 4.77 Å². The van der Waals surface area contributed by atoms with Crippen LogP contribution >= 0.6 is 23.6 Å². The SMILES string of the molecule is CCc1cnc(Cn2c(CC)n[nH]c2=S)s1. The average molecular weight is 254 g/mol. The van der Waals surface area contributed by atoms with Gasteiger partial charge in [-0.15, -0.1) is 11.3 Å². The van der Waals surface area contributed by atoms with E-state index in [1.165, 1.54) is 4.88 Å². The van der Waals surface area contributed by atoms with Crippen molar-refractivity contribution < 1.29 is 0 Å². The van der Waals surface area contributed by atoms with Crippen LogP contribution in [0, 0.1) is 4.77 Å². The Bertz CT molecular complexity index is 523. The number of hydrogen-bond acceptors (Lipinski definition) is 4. The van der Waals surface area contributed by atoms with Crippen LogP contribution in [-0.4, -0.2) is 19.7 Å². The molecule has 0 aliphatic heterocycles. The van der Waals surface area contributed by atoms with Crippen molar-refractivity contribution in [1.29, 1.82) is 0 Å². The topological polar surface area (TPSA) is 46.5 Å². The fourth-order valence-electron chi connectivity index (χ4n) is 1.50. The molecule has 0 atom stereocenters. The molecule has 0 aliphatic carbocycles. The highest BCUT2D eigenvalue weighted by Gasteiger charge is 2.07. The standard InChI is InChI=1S/C10H14N4S2/c1-3-7-5-11-9(16-7)6-14-8(4-2)12-13-10(14)15/h5H,3-4,6H2,1-2H3,(H,13,15). The van der Waals surface area contributed by atoms with Gasteiger partial charge in [-0.2, -0.15) is 5.10 Å². The van der Waals surface area contributed by atoms with Crippen LogP contribution in [0.5, 0.6) is 0 Å². The van der Waals surface area contributed by atoms with E-state index in [2.05, 4.69) is 29.0 Å². The summed E-state index contributed by atoms with van der Waals surface area (Å²) in [7, 11) is 0. The van der Waals surface area contributed by atoms with Crippen molar-refractivity contribution in [3.05, 3.63) is 26.7 Å². The van der Waals surface area contributed by atoms with E-state index >= 15 is 0 Å². The van der Waals surface area contributed by atoms with Gasteiger partial charge in [0, 0.05) is 17.5 Å². The Balaban J connectivity index is 2.26. The number of nitrogens with zero attached hydrogens (tertiary/aromatic N) is 3. The van der Waals surface area contributed by atoms with Crippen LogP contribution in [0.1, 0.15) is 29.6 Å². The third-order valence-corrected chi connectivity index (χ3v) is 3.83. The second kappa shape index (κ2) is 4.88. The molecule has 0 amide bonds. The molecule has 0 saturated carbocycles. The molecule has 0 fully saturated rings. The average Bonchev–Trinajstić information content (AvgIpc) is 2.88. The van der Waals surface area contributed by atoms with Gasteiger partial charge in [0.05, 0.1) is 6.54 Å². The molecule has 6 heteroatoms. The number of aromatic amines is 1. The van der Waals surface area contributed by atoms with Gasteiger partial charge in [-0.3, -0.25) is 9.67 Å². The fourth-order valence-corrected chi connectivity index (χ4v) is 2.57. The summed E-state index contributed by atoms with van der Waals surface area (Å²) in [5.41, 5.74) is 0. The normalized spacial score (nSPS) is 10.9. The van der Waals surface area contributed by atoms with Crippen molar-refractivity contribution in [1.82, 2.24) is 19.7 Å². The maximum atomic E-state index is 5.20. The second-order valence-corrected chi connectivity index (χ2v) is 5.05. The number of aryl methyl sites for hydroxylation is 2. The zero-order valence-electron chi connectivity index (χ0n) is 9.36. The highest BCUT2D eigenvalue weighted by atomic mass is 32.1. The van der Waals surface area contributed by atoms with Crippen LogP contribution in [-0.2, 0) is 19.4 Å². The first-order chi connectivity index (χ1) is 7.74. The number of thiazole rings is 1. The van der Waals surface area contributed by atoms with Crippen LogP contribution in [0.2, 0.25) is 0 Å². The molecule has 0 aliphatic rings. The van der Waals surface area contributed by atoms with Gasteiger partial charge in [0.15, 0.2) is 4.77 Å². The molecule has 0 spiro atoms. The summed E-state index contributed by atoms with van der Waals surface area (Å²) in [6, 6.07) is 0. The number of H-pyrrole nitrogens is 1. The highest BCUT2D eigenvalue weighted by Crippen LogP contribution is 2.15. The third-order valence-electron chi connectivity index (χ3n) is 2.40. The van der Waals surface area contributed by atoms with E-state index in [1.54, 1.807) is 11.3 Å². The summed E-state index contributed by atoms with van der Waals surface area (Å²) in [6.45, 7) is 4.93. The smallest absolute Gasteiger partial charge is 0.195 e. The van der Waals surface area contributed by atoms with Crippen LogP contribution in [0.15, 0.2) is 6.20 Å². The van der Waals surface area contributed by atoms with Gasteiger partial charge < -0.3 is 0 Å². The van der Waals surface area contributed by atoms with E-state index < -0.39 is 0 Å². The molecular weight excluding hydrogens is 240 g/mol. The molecule has 2 aromatic rings. The molecule has 0 bridgehead atoms. The Kier molecular flexibility index (Phi) is 3.50. The number of aromatic nitrogens is 4. The fraction of sp³-hybridized carbons (Fsp3) is 0.500. The van der Waals surface area contributed by atoms with Crippen molar-refractivity contribution >= 4 is 23.6 Å². The molecule has 1 N–H and O–H groups in total. The molecular formula is C10H14N4S2. The lowest BCUT2D eigenvalue weighted by Gasteiger charge is -2.01. The first-order valence-corrected chi connectivity index (χ1v) is 6.54. The Morgan fingerprint density at radius 1 is 1.44 bits per heavy atom. The van der Waals surface area contributed by atoms with Crippen molar-refractivity contribution in [3.8, 4) is 0 Å². The maximum Gasteiger partial charge on any atom is 0.195 e. The monoisotopic (exact) mass is 254 g/mol. The summed E-state index contributed by atoms with van der Waals surface area (Å²) in [5, 5.41) is 8.09. The van der Waals surface area contributed by atoms with Crippen molar-refractivity contribution in [3.63, 3.8) is 0 Å². The summed E-state index contributed by atoms with van der Waals surface area (Å²) < 4.78 is 2.68. The Morgan fingerprint density at radius 2 is 2.25 bits per heavy atom. The van der Waals surface area contributed by atoms with Gasteiger partial charge in [-0.05, 0) is 18.6 Å². The third kappa shape index (κ3) is 2.22. The number of hydrogen-bond donors (Lipinski definition) is 1. The van der Waals surface area contributed by atoms with Gasteiger partial charge >= 0.3 is 0 Å². The van der Waals surface area contributed by atoms with E-state index in [0.717, 1.165) is 30.2 Å². The molecule has 0 aromatic carbocycles. The highest BCUT2D eigenvalue weighted by molar-refractivity contribution is 7.71. The van der Waals surface area contributed by atoms with Gasteiger partial charge in [-0.1, -0.05) is 13.8 Å². The second-order valence-electron chi connectivity index (χ2n) is 3.46. The number of nitrogens with one attached hydrogen (secondary N) is 1. The van der Waals surface area contributed by atoms with E-state index in [4.69, 9.17) is 12.2 Å². The summed E-state index contributed by atoms with van der Waals surface area (Å²) in [4.78, 5) is 5.70. The summed E-state index contributed by atoms with van der Waals surface area (Å²) in [5.74, 6) is 0.984. The summed E-state index contributed by atoms with van der Waals surface area (Å²) in [6.07, 6.45) is 3.85. The van der Waals surface area contributed by atoms with Gasteiger partial charge in [0.1, 0.15) is 10.8 Å². The zero-order valence-corrected chi connectivity index (χ0v) is 11.0. The molecule has 16 heavy (non-hydrogen) atoms. The Morgan fingerprint density at radius 3 is 2.88 bits per heavy atom. The van der Waals surface area contributed by atoms with Gasteiger partial charge in [0.25, 0.3) is 0 Å². The molecule has 86 valence electrons. The lowest BCUT2D eigenvalue weighted by Crippen LogP contribution is -2.04. The van der Waals surface area contributed by atoms with E-state index in [1.807, 2.05) is 10.8 Å². The zero-order chi connectivity index (χ0) is 11.5. The first-order valence-electron chi connectivity index (χ1n) is 5.32. The van der Waals surface area contributed by atoms with Crippen molar-refractivity contribution in [2.75, 3.05) is 0 Å². The lowest BCUT2D eigenvalue weighted by molar-refractivity contribution is 0.720. The predicted octanol–water partition coefficient (Wildman–Crippen LogP) is 2.57. The van der Waals surface area contributed by atoms with Crippen molar-refractivity contribution in [2.24, 2.45) is 0 Å². The molecule has 2 aromatic heterocycles. The minimum Gasteiger partial charge on any atom is -0.297 e. The number of rotatable bonds is 4. The molecule has 2 rings (SSSR count). The molecule has 0 unspecified atom stereocenters. The van der Waals surface area contributed by atoms with Gasteiger partial charge in [-0.25, -0.2) is 4.98 Å². The predicted molar refractivity (Wildman–Crippen MR) is 67.4 cm³/mol. The van der Waals surface area contributed by atoms with Crippen LogP contribution in [0.3, 0.4) is 0 Å². The maximum absolute atomic E-state index is 5.20. The molecule has 0 saturated heterocycles. The first kappa shape index (κ1) is 11.5. The van der Waals surface area contributed by atoms with Crippen LogP contribution in [0.4, 0.5) is 0 Å². The Labute approximate surface area is 103 Å². The van der Waals surface area contributed by atoms with Gasteiger partial charge in [0.2, 0.25) is 0 Å². The molecule has 2 heterocycles. The largest absolute Gasteiger partial charge is 0.297 e. The van der Waals surface area contributed by atoms with E-state index in [-0.39, 0.29) is 0 Å². The van der Waals surface area contributed by atoms with Crippen molar-refractivity contribution in [2.45, 2.75) is 33.2 Å². The lowest BCUT2D eigenvalue weighted by atomic mass is 10.4. The molecule has 4 nitrogen and oxygen atoms in total. The molecule has 0 radical (unpaired) electrons. The van der Waals surface area contributed by atoms with Crippen LogP contribution < -0.4 is 0 Å². The minimum absolute atomic E-state index is 0.671. The van der Waals surface area contributed by atoms with Crippen LogP contribution in [0.25, 0.3) is 0 Å². The minimum atomic E-state index is 0.671. The summed E-state index contributed by atoms with van der Waals surface area (Å²) >= 11 is 6.93.